The van der Waals surface area contributed by atoms with Crippen molar-refractivity contribution in [3.05, 3.63) is 71.8 Å². The fourth-order valence-corrected chi connectivity index (χ4v) is 2.94. The standard InChI is InChI=1S/C20H16N2O4/c21-13-5-1-3-11(9-13)15-7-8-16(19(23)24)18(20(25)26)17(15)12-4-2-6-14(22)10-12/h1-10H,21-22H2,(H,23,24)(H,25,26). The molecule has 0 amide bonds. The quantitative estimate of drug-likeness (QED) is 0.534. The molecular weight excluding hydrogens is 332 g/mol. The molecule has 0 aromatic heterocycles. The van der Waals surface area contributed by atoms with Crippen molar-refractivity contribution in [2.75, 3.05) is 11.5 Å². The molecule has 130 valence electrons. The van der Waals surface area contributed by atoms with Crippen LogP contribution in [-0.4, -0.2) is 22.2 Å². The summed E-state index contributed by atoms with van der Waals surface area (Å²) in [5, 5.41) is 19.2. The number of carbonyl (C=O) groups is 2. The molecule has 0 atom stereocenters. The van der Waals surface area contributed by atoms with Gasteiger partial charge in [0.1, 0.15) is 0 Å². The van der Waals surface area contributed by atoms with Gasteiger partial charge in [-0.3, -0.25) is 0 Å². The highest BCUT2D eigenvalue weighted by molar-refractivity contribution is 6.10. The van der Waals surface area contributed by atoms with E-state index in [1.807, 2.05) is 0 Å². The van der Waals surface area contributed by atoms with Gasteiger partial charge in [-0.15, -0.1) is 0 Å². The molecule has 0 fully saturated rings. The van der Waals surface area contributed by atoms with E-state index in [1.54, 1.807) is 54.6 Å². The van der Waals surface area contributed by atoms with Gasteiger partial charge >= 0.3 is 11.9 Å². The van der Waals surface area contributed by atoms with Crippen LogP contribution in [0.2, 0.25) is 0 Å². The molecule has 0 aliphatic rings. The van der Waals surface area contributed by atoms with Crippen LogP contribution in [-0.2, 0) is 0 Å². The van der Waals surface area contributed by atoms with Crippen molar-refractivity contribution >= 4 is 23.3 Å². The topological polar surface area (TPSA) is 127 Å². The van der Waals surface area contributed by atoms with E-state index in [-0.39, 0.29) is 16.7 Å². The first-order chi connectivity index (χ1) is 12.4. The summed E-state index contributed by atoms with van der Waals surface area (Å²) >= 11 is 0. The molecule has 0 saturated heterocycles. The Balaban J connectivity index is 2.44. The number of anilines is 2. The van der Waals surface area contributed by atoms with E-state index in [9.17, 15) is 19.8 Å². The summed E-state index contributed by atoms with van der Waals surface area (Å²) in [7, 11) is 0. The molecule has 0 spiro atoms. The van der Waals surface area contributed by atoms with Crippen LogP contribution in [0.1, 0.15) is 20.7 Å². The molecule has 3 aromatic carbocycles. The zero-order valence-corrected chi connectivity index (χ0v) is 13.6. The van der Waals surface area contributed by atoms with Gasteiger partial charge in [0.25, 0.3) is 0 Å². The van der Waals surface area contributed by atoms with Crippen LogP contribution in [0.5, 0.6) is 0 Å². The second-order valence-corrected chi connectivity index (χ2v) is 5.77. The molecule has 0 heterocycles. The first-order valence-corrected chi connectivity index (χ1v) is 7.74. The lowest BCUT2D eigenvalue weighted by atomic mass is 9.87. The predicted octanol–water partition coefficient (Wildman–Crippen LogP) is 3.58. The van der Waals surface area contributed by atoms with E-state index in [0.717, 1.165) is 0 Å². The van der Waals surface area contributed by atoms with Crippen LogP contribution in [0.15, 0.2) is 60.7 Å². The van der Waals surface area contributed by atoms with Gasteiger partial charge in [0.2, 0.25) is 0 Å². The lowest BCUT2D eigenvalue weighted by Gasteiger charge is -2.16. The monoisotopic (exact) mass is 348 g/mol. The third kappa shape index (κ3) is 3.08. The maximum atomic E-state index is 11.9. The Morgan fingerprint density at radius 3 is 1.85 bits per heavy atom. The Labute approximate surface area is 149 Å². The fraction of sp³-hybridized carbons (Fsp3) is 0. The van der Waals surface area contributed by atoms with Crippen LogP contribution >= 0.6 is 0 Å². The number of hydrogen-bond acceptors (Lipinski definition) is 4. The minimum Gasteiger partial charge on any atom is -0.478 e. The zero-order chi connectivity index (χ0) is 18.8. The van der Waals surface area contributed by atoms with Gasteiger partial charge in [-0.2, -0.15) is 0 Å². The number of nitrogen functional groups attached to an aromatic ring is 2. The number of carboxylic acids is 2. The summed E-state index contributed by atoms with van der Waals surface area (Å²) in [5.74, 6) is -2.64. The maximum Gasteiger partial charge on any atom is 0.337 e. The molecule has 0 saturated carbocycles. The summed E-state index contributed by atoms with van der Waals surface area (Å²) < 4.78 is 0. The number of benzene rings is 3. The van der Waals surface area contributed by atoms with Gasteiger partial charge in [-0.1, -0.05) is 30.3 Å². The fourth-order valence-electron chi connectivity index (χ4n) is 2.94. The second kappa shape index (κ2) is 6.60. The molecule has 0 unspecified atom stereocenters. The van der Waals surface area contributed by atoms with Crippen molar-refractivity contribution in [3.8, 4) is 22.3 Å². The summed E-state index contributed by atoms with van der Waals surface area (Å²) in [6, 6.07) is 16.5. The maximum absolute atomic E-state index is 11.9. The van der Waals surface area contributed by atoms with Crippen LogP contribution < -0.4 is 11.5 Å². The van der Waals surface area contributed by atoms with Gasteiger partial charge in [-0.25, -0.2) is 9.59 Å². The number of nitrogens with two attached hydrogens (primary N) is 2. The SMILES string of the molecule is Nc1cccc(-c2ccc(C(=O)O)c(C(=O)O)c2-c2cccc(N)c2)c1. The van der Waals surface area contributed by atoms with Gasteiger partial charge in [0, 0.05) is 16.9 Å². The molecule has 0 radical (unpaired) electrons. The molecule has 26 heavy (non-hydrogen) atoms. The Bertz CT molecular complexity index is 1030. The van der Waals surface area contributed by atoms with E-state index in [4.69, 9.17) is 11.5 Å². The minimum atomic E-state index is -1.33. The van der Waals surface area contributed by atoms with Crippen molar-refractivity contribution in [2.45, 2.75) is 0 Å². The molecule has 3 rings (SSSR count). The van der Waals surface area contributed by atoms with E-state index in [1.165, 1.54) is 6.07 Å². The normalized spacial score (nSPS) is 10.5. The molecule has 6 nitrogen and oxygen atoms in total. The van der Waals surface area contributed by atoms with Crippen LogP contribution in [0.25, 0.3) is 22.3 Å². The number of hydrogen-bond donors (Lipinski definition) is 4. The molecule has 0 bridgehead atoms. The molecule has 0 aliphatic carbocycles. The van der Waals surface area contributed by atoms with E-state index < -0.39 is 11.9 Å². The first-order valence-electron chi connectivity index (χ1n) is 7.74. The summed E-state index contributed by atoms with van der Waals surface area (Å²) in [6.07, 6.45) is 0. The van der Waals surface area contributed by atoms with E-state index >= 15 is 0 Å². The summed E-state index contributed by atoms with van der Waals surface area (Å²) in [4.78, 5) is 23.5. The highest BCUT2D eigenvalue weighted by atomic mass is 16.4. The Morgan fingerprint density at radius 2 is 1.31 bits per heavy atom. The molecular formula is C20H16N2O4. The number of rotatable bonds is 4. The second-order valence-electron chi connectivity index (χ2n) is 5.77. The molecule has 6 N–H and O–H groups in total. The molecule has 0 aliphatic heterocycles. The zero-order valence-electron chi connectivity index (χ0n) is 13.6. The number of carboxylic acid groups (broad SMARTS) is 2. The summed E-state index contributed by atoms with van der Waals surface area (Å²) in [6.45, 7) is 0. The predicted molar refractivity (Wildman–Crippen MR) is 100 cm³/mol. The van der Waals surface area contributed by atoms with E-state index in [0.29, 0.717) is 28.1 Å². The smallest absolute Gasteiger partial charge is 0.337 e. The van der Waals surface area contributed by atoms with Crippen molar-refractivity contribution < 1.29 is 19.8 Å². The van der Waals surface area contributed by atoms with Crippen LogP contribution in [0, 0.1) is 0 Å². The van der Waals surface area contributed by atoms with Gasteiger partial charge < -0.3 is 21.7 Å². The molecule has 6 heteroatoms. The first kappa shape index (κ1) is 17.0. The Kier molecular flexibility index (Phi) is 4.33. The van der Waals surface area contributed by atoms with Crippen molar-refractivity contribution in [3.63, 3.8) is 0 Å². The van der Waals surface area contributed by atoms with E-state index in [2.05, 4.69) is 0 Å². The third-order valence-corrected chi connectivity index (χ3v) is 4.02. The highest BCUT2D eigenvalue weighted by Gasteiger charge is 2.24. The van der Waals surface area contributed by atoms with Gasteiger partial charge in [0.15, 0.2) is 0 Å². The Hall–Kier alpha value is -3.80. The third-order valence-electron chi connectivity index (χ3n) is 4.02. The summed E-state index contributed by atoms with van der Waals surface area (Å²) in [5.41, 5.74) is 14.1. The molecule has 3 aromatic rings. The van der Waals surface area contributed by atoms with Crippen LogP contribution in [0.3, 0.4) is 0 Å². The average Bonchev–Trinajstić information content (AvgIpc) is 2.60. The minimum absolute atomic E-state index is 0.287. The largest absolute Gasteiger partial charge is 0.478 e. The number of aromatic carboxylic acids is 2. The average molecular weight is 348 g/mol. The highest BCUT2D eigenvalue weighted by Crippen LogP contribution is 2.38. The van der Waals surface area contributed by atoms with Crippen molar-refractivity contribution in [1.82, 2.24) is 0 Å². The van der Waals surface area contributed by atoms with Gasteiger partial charge in [0.05, 0.1) is 11.1 Å². The lowest BCUT2D eigenvalue weighted by Crippen LogP contribution is -2.11. The van der Waals surface area contributed by atoms with Crippen molar-refractivity contribution in [1.29, 1.82) is 0 Å². The van der Waals surface area contributed by atoms with Gasteiger partial charge in [-0.05, 0) is 47.0 Å². The Morgan fingerprint density at radius 1 is 0.731 bits per heavy atom. The van der Waals surface area contributed by atoms with Crippen molar-refractivity contribution in [2.24, 2.45) is 0 Å². The lowest BCUT2D eigenvalue weighted by molar-refractivity contribution is 0.0652. The van der Waals surface area contributed by atoms with Crippen LogP contribution in [0.4, 0.5) is 11.4 Å².